The Labute approximate surface area is 67.3 Å². The standard InChI is InChI=1S/C9H15NO/c1-2-8(5-7-11)9-4-3-6-10-9/h3-4,6,8,10-11H,2,5,7H2,1H3. The van der Waals surface area contributed by atoms with Crippen molar-refractivity contribution in [3.05, 3.63) is 24.0 Å². The Bertz CT molecular complexity index is 181. The van der Waals surface area contributed by atoms with Gasteiger partial charge in [0, 0.05) is 24.4 Å². The predicted molar refractivity (Wildman–Crippen MR) is 45.5 cm³/mol. The predicted octanol–water partition coefficient (Wildman–Crippen LogP) is 1.89. The van der Waals surface area contributed by atoms with Crippen LogP contribution in [0.3, 0.4) is 0 Å². The molecule has 0 fully saturated rings. The third-order valence-electron chi connectivity index (χ3n) is 2.03. The number of aromatic amines is 1. The normalized spacial score (nSPS) is 13.3. The third-order valence-corrected chi connectivity index (χ3v) is 2.03. The lowest BCUT2D eigenvalue weighted by Gasteiger charge is -2.10. The van der Waals surface area contributed by atoms with Gasteiger partial charge in [0.1, 0.15) is 0 Å². The molecule has 0 aliphatic heterocycles. The van der Waals surface area contributed by atoms with E-state index in [4.69, 9.17) is 5.11 Å². The van der Waals surface area contributed by atoms with Crippen molar-refractivity contribution in [1.82, 2.24) is 4.98 Å². The fourth-order valence-electron chi connectivity index (χ4n) is 1.33. The Hall–Kier alpha value is -0.760. The van der Waals surface area contributed by atoms with Gasteiger partial charge in [0.15, 0.2) is 0 Å². The smallest absolute Gasteiger partial charge is 0.0437 e. The van der Waals surface area contributed by atoms with E-state index in [1.807, 2.05) is 12.3 Å². The molecule has 1 atom stereocenters. The van der Waals surface area contributed by atoms with E-state index in [1.54, 1.807) is 0 Å². The fraction of sp³-hybridized carbons (Fsp3) is 0.556. The van der Waals surface area contributed by atoms with Crippen LogP contribution >= 0.6 is 0 Å². The van der Waals surface area contributed by atoms with E-state index in [2.05, 4.69) is 18.0 Å². The number of rotatable bonds is 4. The van der Waals surface area contributed by atoms with E-state index < -0.39 is 0 Å². The fourth-order valence-corrected chi connectivity index (χ4v) is 1.33. The summed E-state index contributed by atoms with van der Waals surface area (Å²) < 4.78 is 0. The molecule has 2 heteroatoms. The molecule has 0 aromatic carbocycles. The maximum atomic E-state index is 8.75. The van der Waals surface area contributed by atoms with Crippen molar-refractivity contribution in [1.29, 1.82) is 0 Å². The summed E-state index contributed by atoms with van der Waals surface area (Å²) in [5.41, 5.74) is 1.24. The Morgan fingerprint density at radius 3 is 2.91 bits per heavy atom. The average Bonchev–Trinajstić information content (AvgIpc) is 2.52. The van der Waals surface area contributed by atoms with Crippen molar-refractivity contribution in [2.45, 2.75) is 25.7 Å². The first-order chi connectivity index (χ1) is 5.38. The Morgan fingerprint density at radius 2 is 2.45 bits per heavy atom. The maximum Gasteiger partial charge on any atom is 0.0437 e. The highest BCUT2D eigenvalue weighted by molar-refractivity contribution is 5.09. The minimum absolute atomic E-state index is 0.275. The first kappa shape index (κ1) is 8.34. The van der Waals surface area contributed by atoms with E-state index in [0.29, 0.717) is 5.92 Å². The lowest BCUT2D eigenvalue weighted by molar-refractivity contribution is 0.273. The Balaban J connectivity index is 2.56. The van der Waals surface area contributed by atoms with Gasteiger partial charge in [-0.15, -0.1) is 0 Å². The lowest BCUT2D eigenvalue weighted by atomic mass is 9.99. The third kappa shape index (κ3) is 2.09. The molecule has 1 aromatic rings. The molecule has 0 saturated carbocycles. The molecule has 0 aliphatic carbocycles. The number of hydrogen-bond donors (Lipinski definition) is 2. The summed E-state index contributed by atoms with van der Waals surface area (Å²) in [5.74, 6) is 0.495. The van der Waals surface area contributed by atoms with Crippen molar-refractivity contribution >= 4 is 0 Å². The minimum atomic E-state index is 0.275. The van der Waals surface area contributed by atoms with Crippen LogP contribution in [-0.4, -0.2) is 16.7 Å². The maximum absolute atomic E-state index is 8.75. The lowest BCUT2D eigenvalue weighted by Crippen LogP contribution is -2.00. The number of hydrogen-bond acceptors (Lipinski definition) is 1. The summed E-state index contributed by atoms with van der Waals surface area (Å²) in [6, 6.07) is 4.07. The van der Waals surface area contributed by atoms with Gasteiger partial charge < -0.3 is 10.1 Å². The SMILES string of the molecule is CCC(CCO)c1ccc[nH]1. The molecule has 0 amide bonds. The monoisotopic (exact) mass is 153 g/mol. The van der Waals surface area contributed by atoms with Gasteiger partial charge in [0.25, 0.3) is 0 Å². The number of nitrogens with one attached hydrogen (secondary N) is 1. The second kappa shape index (κ2) is 4.19. The van der Waals surface area contributed by atoms with Crippen LogP contribution in [0.2, 0.25) is 0 Å². The van der Waals surface area contributed by atoms with Gasteiger partial charge in [-0.2, -0.15) is 0 Å². The molecule has 1 aromatic heterocycles. The Kier molecular flexibility index (Phi) is 3.17. The van der Waals surface area contributed by atoms with Crippen LogP contribution in [0.25, 0.3) is 0 Å². The second-order valence-corrected chi connectivity index (χ2v) is 2.74. The van der Waals surface area contributed by atoms with Gasteiger partial charge >= 0.3 is 0 Å². The van der Waals surface area contributed by atoms with Gasteiger partial charge in [-0.1, -0.05) is 6.92 Å². The number of aliphatic hydroxyl groups is 1. The summed E-state index contributed by atoms with van der Waals surface area (Å²) in [6.45, 7) is 2.42. The van der Waals surface area contributed by atoms with Crippen molar-refractivity contribution in [2.75, 3.05) is 6.61 Å². The van der Waals surface area contributed by atoms with Gasteiger partial charge in [-0.3, -0.25) is 0 Å². The average molecular weight is 153 g/mol. The first-order valence-corrected chi connectivity index (χ1v) is 4.12. The van der Waals surface area contributed by atoms with Crippen molar-refractivity contribution in [2.24, 2.45) is 0 Å². The van der Waals surface area contributed by atoms with Crippen LogP contribution in [0.1, 0.15) is 31.4 Å². The molecule has 1 heterocycles. The molecule has 0 saturated heterocycles. The molecule has 0 aliphatic rings. The number of H-pyrrole nitrogens is 1. The van der Waals surface area contributed by atoms with E-state index in [1.165, 1.54) is 5.69 Å². The van der Waals surface area contributed by atoms with Crippen LogP contribution in [0.5, 0.6) is 0 Å². The molecule has 0 bridgehead atoms. The van der Waals surface area contributed by atoms with E-state index in [0.717, 1.165) is 12.8 Å². The molecule has 62 valence electrons. The van der Waals surface area contributed by atoms with Gasteiger partial charge in [-0.05, 0) is 25.0 Å². The Morgan fingerprint density at radius 1 is 1.64 bits per heavy atom. The molecular formula is C9H15NO. The topological polar surface area (TPSA) is 36.0 Å². The van der Waals surface area contributed by atoms with Crippen LogP contribution in [-0.2, 0) is 0 Å². The quantitative estimate of drug-likeness (QED) is 0.680. The van der Waals surface area contributed by atoms with E-state index >= 15 is 0 Å². The van der Waals surface area contributed by atoms with Crippen LogP contribution in [0.15, 0.2) is 18.3 Å². The summed E-state index contributed by atoms with van der Waals surface area (Å²) >= 11 is 0. The zero-order valence-corrected chi connectivity index (χ0v) is 6.88. The van der Waals surface area contributed by atoms with Gasteiger partial charge in [0.05, 0.1) is 0 Å². The molecule has 1 unspecified atom stereocenters. The highest BCUT2D eigenvalue weighted by Gasteiger charge is 2.07. The minimum Gasteiger partial charge on any atom is -0.396 e. The van der Waals surface area contributed by atoms with Crippen molar-refractivity contribution < 1.29 is 5.11 Å². The van der Waals surface area contributed by atoms with Gasteiger partial charge in [-0.25, -0.2) is 0 Å². The van der Waals surface area contributed by atoms with Crippen molar-refractivity contribution in [3.8, 4) is 0 Å². The van der Waals surface area contributed by atoms with Crippen LogP contribution in [0.4, 0.5) is 0 Å². The molecule has 2 N–H and O–H groups in total. The molecule has 11 heavy (non-hydrogen) atoms. The van der Waals surface area contributed by atoms with Crippen LogP contribution < -0.4 is 0 Å². The van der Waals surface area contributed by atoms with Crippen LogP contribution in [0, 0.1) is 0 Å². The van der Waals surface area contributed by atoms with Gasteiger partial charge in [0.2, 0.25) is 0 Å². The summed E-state index contributed by atoms with van der Waals surface area (Å²) in [4.78, 5) is 3.16. The van der Waals surface area contributed by atoms with E-state index in [9.17, 15) is 0 Å². The summed E-state index contributed by atoms with van der Waals surface area (Å²) in [6.07, 6.45) is 3.87. The molecule has 1 rings (SSSR count). The van der Waals surface area contributed by atoms with Crippen molar-refractivity contribution in [3.63, 3.8) is 0 Å². The summed E-state index contributed by atoms with van der Waals surface area (Å²) in [5, 5.41) is 8.75. The zero-order valence-electron chi connectivity index (χ0n) is 6.88. The molecule has 2 nitrogen and oxygen atoms in total. The zero-order chi connectivity index (χ0) is 8.10. The highest BCUT2D eigenvalue weighted by Crippen LogP contribution is 2.20. The first-order valence-electron chi connectivity index (χ1n) is 4.12. The number of aromatic nitrogens is 1. The van der Waals surface area contributed by atoms with E-state index in [-0.39, 0.29) is 6.61 Å². The molecule has 0 spiro atoms. The number of aliphatic hydroxyl groups excluding tert-OH is 1. The molecule has 0 radical (unpaired) electrons. The highest BCUT2D eigenvalue weighted by atomic mass is 16.3. The second-order valence-electron chi connectivity index (χ2n) is 2.74. The largest absolute Gasteiger partial charge is 0.396 e. The molecular weight excluding hydrogens is 138 g/mol. The summed E-state index contributed by atoms with van der Waals surface area (Å²) in [7, 11) is 0.